The number of ether oxygens (including phenoxy) is 1. The molecule has 0 aliphatic rings. The fourth-order valence-corrected chi connectivity index (χ4v) is 3.01. The second-order valence-electron chi connectivity index (χ2n) is 4.25. The molecule has 0 aliphatic heterocycles. The Morgan fingerprint density at radius 3 is 2.39 bits per heavy atom. The summed E-state index contributed by atoms with van der Waals surface area (Å²) in [5, 5.41) is 0. The zero-order valence-corrected chi connectivity index (χ0v) is 13.5. The SMILES string of the molecule is [C-]#[N+]c1cccc(Oc2ccc(S(=O)(=O)C(F)(F)F)cc2Br)c1. The van der Waals surface area contributed by atoms with Crippen LogP contribution < -0.4 is 4.74 Å². The first-order valence-electron chi connectivity index (χ1n) is 5.91. The Bertz CT molecular complexity index is 889. The van der Waals surface area contributed by atoms with Crippen molar-refractivity contribution in [2.75, 3.05) is 0 Å². The average Bonchev–Trinajstić information content (AvgIpc) is 2.48. The lowest BCUT2D eigenvalue weighted by molar-refractivity contribution is -0.0436. The van der Waals surface area contributed by atoms with Crippen LogP contribution in [0.1, 0.15) is 0 Å². The van der Waals surface area contributed by atoms with E-state index in [4.69, 9.17) is 11.3 Å². The van der Waals surface area contributed by atoms with Gasteiger partial charge in [0.05, 0.1) is 15.9 Å². The first-order chi connectivity index (χ1) is 10.6. The van der Waals surface area contributed by atoms with Gasteiger partial charge in [-0.2, -0.15) is 13.2 Å². The molecule has 0 saturated carbocycles. The van der Waals surface area contributed by atoms with Gasteiger partial charge < -0.3 is 4.74 Å². The zero-order chi connectivity index (χ0) is 17.3. The zero-order valence-electron chi connectivity index (χ0n) is 11.1. The minimum Gasteiger partial charge on any atom is -0.458 e. The molecule has 0 saturated heterocycles. The smallest absolute Gasteiger partial charge is 0.458 e. The van der Waals surface area contributed by atoms with Crippen molar-refractivity contribution >= 4 is 31.5 Å². The molecule has 0 N–H and O–H groups in total. The molecular formula is C14H7BrF3NO3S. The predicted octanol–water partition coefficient (Wildman–Crippen LogP) is 5.09. The summed E-state index contributed by atoms with van der Waals surface area (Å²) < 4.78 is 65.7. The molecule has 0 bridgehead atoms. The standard InChI is InChI=1S/C14H7BrF3NO3S/c1-19-9-3-2-4-10(7-9)22-13-6-5-11(8-12(13)15)23(20,21)14(16,17)18/h2-8H. The Balaban J connectivity index is 2.36. The van der Waals surface area contributed by atoms with Crippen LogP contribution in [0.15, 0.2) is 51.8 Å². The normalized spacial score (nSPS) is 11.8. The first-order valence-corrected chi connectivity index (χ1v) is 8.19. The minimum atomic E-state index is -5.42. The highest BCUT2D eigenvalue weighted by Gasteiger charge is 2.47. The van der Waals surface area contributed by atoms with Gasteiger partial charge in [-0.15, -0.1) is 0 Å². The van der Waals surface area contributed by atoms with E-state index in [1.54, 1.807) is 18.2 Å². The van der Waals surface area contributed by atoms with Gasteiger partial charge in [0.1, 0.15) is 11.5 Å². The largest absolute Gasteiger partial charge is 0.501 e. The van der Waals surface area contributed by atoms with Crippen molar-refractivity contribution in [3.05, 3.63) is 58.4 Å². The molecule has 4 nitrogen and oxygen atoms in total. The Labute approximate surface area is 138 Å². The molecule has 0 amide bonds. The lowest BCUT2D eigenvalue weighted by Crippen LogP contribution is -2.23. The van der Waals surface area contributed by atoms with Crippen molar-refractivity contribution in [3.8, 4) is 11.5 Å². The maximum Gasteiger partial charge on any atom is 0.501 e. The first kappa shape index (κ1) is 17.3. The van der Waals surface area contributed by atoms with Gasteiger partial charge in [-0.05, 0) is 46.3 Å². The molecule has 2 aromatic rings. The summed E-state index contributed by atoms with van der Waals surface area (Å²) in [6, 6.07) is 8.88. The molecule has 23 heavy (non-hydrogen) atoms. The van der Waals surface area contributed by atoms with E-state index in [-0.39, 0.29) is 10.2 Å². The Morgan fingerprint density at radius 2 is 1.83 bits per heavy atom. The molecule has 2 aromatic carbocycles. The van der Waals surface area contributed by atoms with Crippen LogP contribution in [0.3, 0.4) is 0 Å². The lowest BCUT2D eigenvalue weighted by Gasteiger charge is -2.11. The third-order valence-electron chi connectivity index (χ3n) is 2.69. The van der Waals surface area contributed by atoms with Crippen LogP contribution in [0.2, 0.25) is 0 Å². The van der Waals surface area contributed by atoms with Crippen LogP contribution in [0.25, 0.3) is 4.85 Å². The van der Waals surface area contributed by atoms with E-state index < -0.39 is 20.2 Å². The second-order valence-corrected chi connectivity index (χ2v) is 7.05. The van der Waals surface area contributed by atoms with Gasteiger partial charge in [0.2, 0.25) is 0 Å². The third-order valence-corrected chi connectivity index (χ3v) is 4.80. The number of halogens is 4. The van der Waals surface area contributed by atoms with E-state index in [1.807, 2.05) is 0 Å². The van der Waals surface area contributed by atoms with Crippen molar-refractivity contribution in [2.24, 2.45) is 0 Å². The summed E-state index contributed by atoms with van der Waals surface area (Å²) in [6.45, 7) is 6.90. The molecule has 0 radical (unpaired) electrons. The summed E-state index contributed by atoms with van der Waals surface area (Å²) in [5.41, 5.74) is -5.05. The van der Waals surface area contributed by atoms with Gasteiger partial charge >= 0.3 is 5.51 Å². The molecular weight excluding hydrogens is 399 g/mol. The summed E-state index contributed by atoms with van der Waals surface area (Å²) in [7, 11) is -5.42. The monoisotopic (exact) mass is 405 g/mol. The summed E-state index contributed by atoms with van der Waals surface area (Å²) >= 11 is 2.98. The molecule has 0 spiro atoms. The van der Waals surface area contributed by atoms with Gasteiger partial charge in [0.15, 0.2) is 5.69 Å². The lowest BCUT2D eigenvalue weighted by atomic mass is 10.3. The van der Waals surface area contributed by atoms with Crippen LogP contribution >= 0.6 is 15.9 Å². The molecule has 0 unspecified atom stereocenters. The van der Waals surface area contributed by atoms with Gasteiger partial charge in [-0.3, -0.25) is 0 Å². The number of nitrogens with zero attached hydrogens (tertiary/aromatic N) is 1. The maximum absolute atomic E-state index is 12.5. The number of sulfone groups is 1. The summed E-state index contributed by atoms with van der Waals surface area (Å²) in [6.07, 6.45) is 0. The van der Waals surface area contributed by atoms with E-state index >= 15 is 0 Å². The van der Waals surface area contributed by atoms with E-state index in [2.05, 4.69) is 20.8 Å². The number of alkyl halides is 3. The highest BCUT2D eigenvalue weighted by atomic mass is 79.9. The van der Waals surface area contributed by atoms with E-state index in [1.165, 1.54) is 6.07 Å². The van der Waals surface area contributed by atoms with Crippen molar-refractivity contribution in [1.29, 1.82) is 0 Å². The van der Waals surface area contributed by atoms with Crippen molar-refractivity contribution in [3.63, 3.8) is 0 Å². The Kier molecular flexibility index (Phi) is 4.68. The fraction of sp³-hybridized carbons (Fsp3) is 0.0714. The molecule has 0 aliphatic carbocycles. The fourth-order valence-electron chi connectivity index (χ4n) is 1.61. The predicted molar refractivity (Wildman–Crippen MR) is 80.2 cm³/mol. The minimum absolute atomic E-state index is 0.0380. The topological polar surface area (TPSA) is 47.7 Å². The molecule has 120 valence electrons. The van der Waals surface area contributed by atoms with Crippen molar-refractivity contribution in [1.82, 2.24) is 0 Å². The van der Waals surface area contributed by atoms with Gasteiger partial charge in [0.25, 0.3) is 9.84 Å². The number of hydrogen-bond acceptors (Lipinski definition) is 3. The van der Waals surface area contributed by atoms with Crippen LogP contribution in [0, 0.1) is 6.57 Å². The highest BCUT2D eigenvalue weighted by molar-refractivity contribution is 9.10. The van der Waals surface area contributed by atoms with E-state index in [0.717, 1.165) is 18.2 Å². The number of benzene rings is 2. The van der Waals surface area contributed by atoms with Crippen LogP contribution in [-0.4, -0.2) is 13.9 Å². The summed E-state index contributed by atoms with van der Waals surface area (Å²) in [4.78, 5) is 2.33. The van der Waals surface area contributed by atoms with E-state index in [9.17, 15) is 21.6 Å². The van der Waals surface area contributed by atoms with Crippen molar-refractivity contribution in [2.45, 2.75) is 10.4 Å². The highest BCUT2D eigenvalue weighted by Crippen LogP contribution is 2.36. The Hall–Kier alpha value is -2.05. The third kappa shape index (κ3) is 3.65. The molecule has 0 fully saturated rings. The quantitative estimate of drug-likeness (QED) is 0.668. The Morgan fingerprint density at radius 1 is 1.13 bits per heavy atom. The molecule has 0 aromatic heterocycles. The summed E-state index contributed by atoms with van der Waals surface area (Å²) in [5.74, 6) is 0.416. The van der Waals surface area contributed by atoms with Crippen LogP contribution in [-0.2, 0) is 9.84 Å². The maximum atomic E-state index is 12.5. The molecule has 9 heteroatoms. The average molecular weight is 406 g/mol. The van der Waals surface area contributed by atoms with Crippen molar-refractivity contribution < 1.29 is 26.3 Å². The van der Waals surface area contributed by atoms with Gasteiger partial charge in [0, 0.05) is 0 Å². The van der Waals surface area contributed by atoms with Gasteiger partial charge in [-0.1, -0.05) is 12.1 Å². The number of hydrogen-bond donors (Lipinski definition) is 0. The van der Waals surface area contributed by atoms with Crippen LogP contribution in [0.5, 0.6) is 11.5 Å². The molecule has 0 atom stereocenters. The second kappa shape index (κ2) is 6.22. The molecule has 2 rings (SSSR count). The van der Waals surface area contributed by atoms with E-state index in [0.29, 0.717) is 11.4 Å². The van der Waals surface area contributed by atoms with Gasteiger partial charge in [-0.25, -0.2) is 13.3 Å². The molecule has 0 heterocycles. The number of rotatable bonds is 3. The van der Waals surface area contributed by atoms with Crippen LogP contribution in [0.4, 0.5) is 18.9 Å².